The normalized spacial score (nSPS) is 11.3. The van der Waals surface area contributed by atoms with E-state index in [0.717, 1.165) is 22.8 Å². The van der Waals surface area contributed by atoms with E-state index >= 15 is 0 Å². The fourth-order valence-electron chi connectivity index (χ4n) is 8.69. The Morgan fingerprint density at radius 1 is 0.200 bits per heavy atom. The summed E-state index contributed by atoms with van der Waals surface area (Å²) in [6.45, 7) is 0. The van der Waals surface area contributed by atoms with E-state index in [0.29, 0.717) is 0 Å². The van der Waals surface area contributed by atoms with E-state index in [-0.39, 0.29) is 0 Å². The molecule has 11 rings (SSSR count). The predicted octanol–water partition coefficient (Wildman–Crippen LogP) is 15.6. The zero-order chi connectivity index (χ0) is 39.8. The van der Waals surface area contributed by atoms with E-state index in [1.165, 1.54) is 77.4 Å². The Bertz CT molecular complexity index is 2990. The van der Waals surface area contributed by atoms with Crippen molar-refractivity contribution < 1.29 is 0 Å². The Morgan fingerprint density at radius 2 is 0.433 bits per heavy atom. The molecule has 0 bridgehead atoms. The summed E-state index contributed by atoms with van der Waals surface area (Å²) in [4.78, 5) is 0. The molecule has 0 saturated carbocycles. The van der Waals surface area contributed by atoms with Gasteiger partial charge in [-0.1, -0.05) is 194 Å². The highest BCUT2D eigenvalue weighted by Crippen LogP contribution is 2.39. The van der Waals surface area contributed by atoms with Gasteiger partial charge >= 0.3 is 0 Å². The van der Waals surface area contributed by atoms with Crippen LogP contribution in [0.5, 0.6) is 0 Å². The van der Waals surface area contributed by atoms with Crippen LogP contribution in [0.1, 0.15) is 0 Å². The lowest BCUT2D eigenvalue weighted by Gasteiger charge is -2.14. The van der Waals surface area contributed by atoms with E-state index in [9.17, 15) is 0 Å². The molecule has 282 valence electrons. The molecular weight excluding hydrogens is 725 g/mol. The Hall–Kier alpha value is -7.94. The largest absolute Gasteiger partial charge is 0.309 e. The highest BCUT2D eigenvalue weighted by Gasteiger charge is 2.19. The molecule has 0 atom stereocenters. The van der Waals surface area contributed by atoms with Crippen LogP contribution in [0, 0.1) is 0 Å². The summed E-state index contributed by atoms with van der Waals surface area (Å²) in [7, 11) is 0. The van der Waals surface area contributed by atoms with Gasteiger partial charge < -0.3 is 9.13 Å². The fourth-order valence-corrected chi connectivity index (χ4v) is 8.69. The maximum atomic E-state index is 2.42. The molecule has 0 fully saturated rings. The third-order valence-corrected chi connectivity index (χ3v) is 11.8. The van der Waals surface area contributed by atoms with Gasteiger partial charge in [0.2, 0.25) is 0 Å². The number of hydrogen-bond acceptors (Lipinski definition) is 0. The van der Waals surface area contributed by atoms with Crippen LogP contribution in [0.3, 0.4) is 0 Å². The first kappa shape index (κ1) is 35.2. The van der Waals surface area contributed by atoms with Crippen molar-refractivity contribution in [2.45, 2.75) is 0 Å². The molecule has 0 amide bonds. The van der Waals surface area contributed by atoms with Gasteiger partial charge in [0.25, 0.3) is 0 Å². The van der Waals surface area contributed by atoms with Crippen molar-refractivity contribution in [3.63, 3.8) is 0 Å². The summed E-state index contributed by atoms with van der Waals surface area (Å²) in [6, 6.07) is 87.8. The van der Waals surface area contributed by atoms with Crippen LogP contribution in [-0.4, -0.2) is 9.13 Å². The quantitative estimate of drug-likeness (QED) is 0.146. The first-order chi connectivity index (χ1) is 29.7. The van der Waals surface area contributed by atoms with Crippen LogP contribution in [0.15, 0.2) is 243 Å². The van der Waals surface area contributed by atoms with Crippen LogP contribution in [0.25, 0.3) is 100 Å². The highest BCUT2D eigenvalue weighted by molar-refractivity contribution is 6.02. The average molecular weight is 765 g/mol. The number of rotatable bonds is 8. The predicted molar refractivity (Wildman–Crippen MR) is 253 cm³/mol. The summed E-state index contributed by atoms with van der Waals surface area (Å²) in [5, 5.41) is 2.38. The Kier molecular flexibility index (Phi) is 8.87. The van der Waals surface area contributed by atoms with Crippen LogP contribution >= 0.6 is 0 Å². The summed E-state index contributed by atoms with van der Waals surface area (Å²) < 4.78 is 4.84. The number of benzene rings is 9. The second kappa shape index (κ2) is 15.1. The minimum atomic E-state index is 1.13. The molecule has 2 aromatic heterocycles. The maximum absolute atomic E-state index is 2.42. The molecule has 0 aliphatic rings. The molecule has 0 saturated heterocycles. The number of fused-ring (bicyclic) bond motifs is 2. The lowest BCUT2D eigenvalue weighted by atomic mass is 10.0. The monoisotopic (exact) mass is 764 g/mol. The smallest absolute Gasteiger partial charge is 0.0542 e. The van der Waals surface area contributed by atoms with Gasteiger partial charge in [-0.05, 0) is 104 Å². The molecule has 0 spiro atoms. The van der Waals surface area contributed by atoms with Gasteiger partial charge in [-0.25, -0.2) is 0 Å². The standard InChI is InChI=1S/C58H40N2/c1-5-13-41(14-6-1)43-21-25-45(26-22-43)47-29-33-53(34-30-47)59-55(49-17-9-3-10-18-49)37-51-40-58-52(39-57(51)59)38-56(50-19-11-4-12-20-50)60(58)54-35-31-48(32-36-54)46-27-23-44(24-28-46)42-15-7-2-8-16-42/h1-40H. The molecule has 0 aliphatic heterocycles. The maximum Gasteiger partial charge on any atom is 0.0542 e. The van der Waals surface area contributed by atoms with E-state index < -0.39 is 0 Å². The van der Waals surface area contributed by atoms with E-state index in [1.54, 1.807) is 0 Å². The summed E-state index contributed by atoms with van der Waals surface area (Å²) in [5.41, 5.74) is 19.0. The number of aromatic nitrogens is 2. The lowest BCUT2D eigenvalue weighted by Crippen LogP contribution is -1.98. The molecule has 2 heterocycles. The highest BCUT2D eigenvalue weighted by atomic mass is 15.0. The molecule has 60 heavy (non-hydrogen) atoms. The molecule has 9 aromatic carbocycles. The van der Waals surface area contributed by atoms with Crippen LogP contribution in [-0.2, 0) is 0 Å². The van der Waals surface area contributed by atoms with Crippen LogP contribution in [0.4, 0.5) is 0 Å². The van der Waals surface area contributed by atoms with Gasteiger partial charge in [0, 0.05) is 22.1 Å². The molecule has 11 aromatic rings. The van der Waals surface area contributed by atoms with Gasteiger partial charge in [0.05, 0.1) is 22.4 Å². The minimum absolute atomic E-state index is 1.13. The number of hydrogen-bond donors (Lipinski definition) is 0. The van der Waals surface area contributed by atoms with Gasteiger partial charge in [-0.3, -0.25) is 0 Å². The SMILES string of the molecule is c1ccc(-c2ccc(-c3ccc(-n4c(-c5ccccc5)cc5cc6c(cc(-c7ccccc7)n6-c6ccc(-c7ccc(-c8ccccc8)cc7)cc6)cc54)cc3)cc2)cc1. The zero-order valence-corrected chi connectivity index (χ0v) is 33.0. The van der Waals surface area contributed by atoms with Crippen molar-refractivity contribution in [1.29, 1.82) is 0 Å². The van der Waals surface area contributed by atoms with Crippen molar-refractivity contribution >= 4 is 21.8 Å². The van der Waals surface area contributed by atoms with Gasteiger partial charge in [0.15, 0.2) is 0 Å². The van der Waals surface area contributed by atoms with E-state index in [1.807, 2.05) is 0 Å². The summed E-state index contributed by atoms with van der Waals surface area (Å²) in [6.07, 6.45) is 0. The zero-order valence-electron chi connectivity index (χ0n) is 33.0. The second-order valence-corrected chi connectivity index (χ2v) is 15.4. The first-order valence-electron chi connectivity index (χ1n) is 20.6. The van der Waals surface area contributed by atoms with Crippen molar-refractivity contribution in [1.82, 2.24) is 9.13 Å². The Labute approximate surface area is 350 Å². The lowest BCUT2D eigenvalue weighted by molar-refractivity contribution is 1.13. The molecule has 0 unspecified atom stereocenters. The molecular formula is C58H40N2. The van der Waals surface area contributed by atoms with E-state index in [2.05, 4.69) is 252 Å². The van der Waals surface area contributed by atoms with Crippen LogP contribution < -0.4 is 0 Å². The Morgan fingerprint density at radius 3 is 0.717 bits per heavy atom. The third-order valence-electron chi connectivity index (χ3n) is 11.8. The molecule has 0 N–H and O–H groups in total. The van der Waals surface area contributed by atoms with Gasteiger partial charge in [0.1, 0.15) is 0 Å². The minimum Gasteiger partial charge on any atom is -0.309 e. The average Bonchev–Trinajstić information content (AvgIpc) is 3.90. The first-order valence-corrected chi connectivity index (χ1v) is 20.6. The summed E-state index contributed by atoms with van der Waals surface area (Å²) in [5.74, 6) is 0. The van der Waals surface area contributed by atoms with Crippen molar-refractivity contribution in [3.05, 3.63) is 243 Å². The van der Waals surface area contributed by atoms with Crippen molar-refractivity contribution in [3.8, 4) is 78.4 Å². The molecule has 0 aliphatic carbocycles. The topological polar surface area (TPSA) is 9.86 Å². The molecule has 2 nitrogen and oxygen atoms in total. The third kappa shape index (κ3) is 6.51. The number of nitrogens with zero attached hydrogens (tertiary/aromatic N) is 2. The van der Waals surface area contributed by atoms with Gasteiger partial charge in [-0.15, -0.1) is 0 Å². The van der Waals surface area contributed by atoms with Gasteiger partial charge in [-0.2, -0.15) is 0 Å². The second-order valence-electron chi connectivity index (χ2n) is 15.4. The molecule has 2 heteroatoms. The summed E-state index contributed by atoms with van der Waals surface area (Å²) >= 11 is 0. The van der Waals surface area contributed by atoms with E-state index in [4.69, 9.17) is 0 Å². The van der Waals surface area contributed by atoms with Crippen LogP contribution in [0.2, 0.25) is 0 Å². The fraction of sp³-hybridized carbons (Fsp3) is 0. The Balaban J connectivity index is 1.00. The van der Waals surface area contributed by atoms with Crippen molar-refractivity contribution in [2.24, 2.45) is 0 Å². The molecule has 0 radical (unpaired) electrons. The van der Waals surface area contributed by atoms with Crippen molar-refractivity contribution in [2.75, 3.05) is 0 Å².